The van der Waals surface area contributed by atoms with Crippen LogP contribution < -0.4 is 14.9 Å². The first kappa shape index (κ1) is 52.7. The van der Waals surface area contributed by atoms with Gasteiger partial charge >= 0.3 is 5.51 Å². The standard InChI is InChI=1S/C50H63ClF3N6O4PS3/c1-49(2)22-20-45(37-10-14-40(51)15-11-37)39(33-49)34-58-28-30-60(31-29-58)42-16-12-38(13-17-42)48(61)56-67-44-18-19-46(47(32-44)68(62)50(52,53)54)55-41(35-66-43-8-6-5-7-9-43)21-23-57-24-26-59(27-25-57)36-65(63-3)64-4/h5-19,32,41,55H,20-31,33-36H2,1-4H3,(H,56,61). The van der Waals surface area contributed by atoms with Gasteiger partial charge in [-0.3, -0.25) is 19.3 Å². The molecule has 368 valence electrons. The fourth-order valence-corrected chi connectivity index (χ4v) is 12.6. The molecule has 2 atom stereocenters. The number of amides is 1. The normalized spacial score (nSPS) is 18.5. The van der Waals surface area contributed by atoms with Crippen molar-refractivity contribution in [3.8, 4) is 0 Å². The first-order valence-electron chi connectivity index (χ1n) is 23.1. The molecular weight excluding hydrogens is 968 g/mol. The van der Waals surface area contributed by atoms with Gasteiger partial charge in [-0.1, -0.05) is 61.4 Å². The molecule has 2 saturated heterocycles. The molecule has 4 aromatic carbocycles. The van der Waals surface area contributed by atoms with Gasteiger partial charge in [0.25, 0.3) is 5.91 Å². The number of halogens is 4. The van der Waals surface area contributed by atoms with Gasteiger partial charge in [0, 0.05) is 118 Å². The van der Waals surface area contributed by atoms with Crippen LogP contribution in [0, 0.1) is 5.41 Å². The molecule has 4 aromatic rings. The fourth-order valence-electron chi connectivity index (χ4n) is 8.93. The third-order valence-electron chi connectivity index (χ3n) is 12.8. The summed E-state index contributed by atoms with van der Waals surface area (Å²) in [6.45, 7) is 13.4. The van der Waals surface area contributed by atoms with E-state index in [2.05, 4.69) is 55.6 Å². The van der Waals surface area contributed by atoms with E-state index >= 15 is 0 Å². The Hall–Kier alpha value is -3.15. The Morgan fingerprint density at radius 1 is 0.853 bits per heavy atom. The number of allylic oxidation sites excluding steroid dienone is 1. The summed E-state index contributed by atoms with van der Waals surface area (Å²) in [5.41, 5.74) is 1.12. The molecule has 18 heteroatoms. The first-order chi connectivity index (χ1) is 32.7. The molecule has 2 aliphatic heterocycles. The fraction of sp³-hybridized carbons (Fsp3) is 0.460. The summed E-state index contributed by atoms with van der Waals surface area (Å²) in [5.74, 6) is 0.198. The van der Waals surface area contributed by atoms with Crippen LogP contribution in [0.15, 0.2) is 117 Å². The summed E-state index contributed by atoms with van der Waals surface area (Å²) in [6, 6.07) is 29.7. The number of hydrogen-bond acceptors (Lipinski definition) is 11. The number of alkyl halides is 3. The van der Waals surface area contributed by atoms with E-state index in [0.29, 0.717) is 22.6 Å². The predicted octanol–water partition coefficient (Wildman–Crippen LogP) is 11.3. The minimum absolute atomic E-state index is 0.154. The van der Waals surface area contributed by atoms with E-state index in [1.807, 2.05) is 54.6 Å². The number of benzene rings is 4. The molecule has 1 aliphatic carbocycles. The highest BCUT2D eigenvalue weighted by atomic mass is 35.5. The van der Waals surface area contributed by atoms with Crippen LogP contribution in [0.2, 0.25) is 5.02 Å². The monoisotopic (exact) mass is 1030 g/mol. The van der Waals surface area contributed by atoms with Crippen molar-refractivity contribution in [2.24, 2.45) is 5.41 Å². The molecule has 3 aliphatic rings. The molecule has 68 heavy (non-hydrogen) atoms. The molecule has 2 unspecified atom stereocenters. The molecule has 2 heterocycles. The molecule has 2 fully saturated rings. The first-order valence-corrected chi connectivity index (χ1v) is 27.7. The average Bonchev–Trinajstić information content (AvgIpc) is 3.34. The number of thioether (sulfide) groups is 1. The average molecular weight is 1030 g/mol. The van der Waals surface area contributed by atoms with Crippen molar-refractivity contribution in [3.63, 3.8) is 0 Å². The summed E-state index contributed by atoms with van der Waals surface area (Å²) in [7, 11) is -0.957. The zero-order chi connectivity index (χ0) is 48.3. The molecule has 0 aromatic heterocycles. The van der Waals surface area contributed by atoms with Crippen molar-refractivity contribution in [2.75, 3.05) is 102 Å². The Morgan fingerprint density at radius 3 is 2.18 bits per heavy atom. The minimum atomic E-state index is -4.98. The van der Waals surface area contributed by atoms with Crippen molar-refractivity contribution in [1.82, 2.24) is 19.4 Å². The zero-order valence-electron chi connectivity index (χ0n) is 39.2. The largest absolute Gasteiger partial charge is 0.475 e. The molecule has 7 rings (SSSR count). The summed E-state index contributed by atoms with van der Waals surface area (Å²) in [6.07, 6.45) is 4.70. The van der Waals surface area contributed by atoms with Gasteiger partial charge in [-0.05, 0) is 121 Å². The molecule has 2 N–H and O–H groups in total. The molecule has 0 saturated carbocycles. The second-order valence-electron chi connectivity index (χ2n) is 18.2. The molecular formula is C50H63ClF3N6O4PS3. The van der Waals surface area contributed by atoms with Gasteiger partial charge in [-0.25, -0.2) is 4.21 Å². The van der Waals surface area contributed by atoms with Gasteiger partial charge in [-0.15, -0.1) is 11.8 Å². The Balaban J connectivity index is 0.951. The highest BCUT2D eigenvalue weighted by Crippen LogP contribution is 2.43. The van der Waals surface area contributed by atoms with Crippen LogP contribution >= 0.6 is 43.7 Å². The van der Waals surface area contributed by atoms with Crippen LogP contribution in [0.5, 0.6) is 0 Å². The molecule has 0 spiro atoms. The lowest BCUT2D eigenvalue weighted by Gasteiger charge is -2.39. The van der Waals surface area contributed by atoms with E-state index in [4.69, 9.17) is 20.6 Å². The summed E-state index contributed by atoms with van der Waals surface area (Å²) >= 11 is 8.73. The quantitative estimate of drug-likeness (QED) is 0.0504. The Labute approximate surface area is 417 Å². The van der Waals surface area contributed by atoms with E-state index in [1.165, 1.54) is 28.8 Å². The second-order valence-corrected chi connectivity index (χ2v) is 23.7. The Kier molecular flexibility index (Phi) is 19.2. The van der Waals surface area contributed by atoms with Crippen LogP contribution in [-0.2, 0) is 19.8 Å². The number of carbonyl (C=O) groups excluding carboxylic acids is 1. The van der Waals surface area contributed by atoms with Crippen LogP contribution in [0.3, 0.4) is 0 Å². The summed E-state index contributed by atoms with van der Waals surface area (Å²) in [5, 5.41) is 4.10. The number of hydrogen-bond donors (Lipinski definition) is 2. The number of rotatable bonds is 20. The maximum Gasteiger partial charge on any atom is 0.475 e. The van der Waals surface area contributed by atoms with Crippen molar-refractivity contribution < 1.29 is 31.2 Å². The maximum absolute atomic E-state index is 14.2. The van der Waals surface area contributed by atoms with Crippen LogP contribution in [0.4, 0.5) is 24.5 Å². The lowest BCUT2D eigenvalue weighted by atomic mass is 9.73. The van der Waals surface area contributed by atoms with Crippen LogP contribution in [0.1, 0.15) is 55.5 Å². The topological polar surface area (TPSA) is 89.6 Å². The predicted molar refractivity (Wildman–Crippen MR) is 276 cm³/mol. The van der Waals surface area contributed by atoms with Crippen molar-refractivity contribution in [1.29, 1.82) is 0 Å². The van der Waals surface area contributed by atoms with Gasteiger partial charge in [0.2, 0.25) is 0 Å². The Bertz CT molecular complexity index is 2310. The van der Waals surface area contributed by atoms with Crippen LogP contribution in [0.25, 0.3) is 5.57 Å². The van der Waals surface area contributed by atoms with Gasteiger partial charge in [0.05, 0.1) is 16.9 Å². The van der Waals surface area contributed by atoms with Crippen molar-refractivity contribution in [3.05, 3.63) is 119 Å². The zero-order valence-corrected chi connectivity index (χ0v) is 43.3. The number of carbonyl (C=O) groups is 1. The van der Waals surface area contributed by atoms with Crippen molar-refractivity contribution in [2.45, 2.75) is 65.8 Å². The molecule has 1 amide bonds. The summed E-state index contributed by atoms with van der Waals surface area (Å²) < 4.78 is 69.3. The van der Waals surface area contributed by atoms with Crippen LogP contribution in [-0.4, -0.2) is 128 Å². The summed E-state index contributed by atoms with van der Waals surface area (Å²) in [4.78, 5) is 23.9. The lowest BCUT2D eigenvalue weighted by molar-refractivity contribution is -0.0384. The van der Waals surface area contributed by atoms with Gasteiger partial charge in [-0.2, -0.15) is 13.2 Å². The molecule has 10 nitrogen and oxygen atoms in total. The minimum Gasteiger partial charge on any atom is -0.380 e. The number of nitrogens with one attached hydrogen (secondary N) is 2. The number of nitrogens with zero attached hydrogens (tertiary/aromatic N) is 4. The highest BCUT2D eigenvalue weighted by Gasteiger charge is 2.40. The van der Waals surface area contributed by atoms with Gasteiger partial charge < -0.3 is 24.2 Å². The number of piperazine rings is 2. The SMILES string of the molecule is COP(CN1CCN(CCC(CSc2ccccc2)Nc2ccc(SNC(=O)c3ccc(N4CCN(CC5=C(c6ccc(Cl)cc6)CCC(C)(C)C5)CC4)cc3)cc2S(=O)C(F)(F)F)CC1)OC. The third kappa shape index (κ3) is 15.2. The second kappa shape index (κ2) is 24.8. The maximum atomic E-state index is 14.2. The Morgan fingerprint density at radius 2 is 1.51 bits per heavy atom. The van der Waals surface area contributed by atoms with E-state index in [9.17, 15) is 22.2 Å². The molecule has 0 bridgehead atoms. The van der Waals surface area contributed by atoms with Gasteiger partial charge in [0.15, 0.2) is 19.2 Å². The smallest absolute Gasteiger partial charge is 0.380 e. The lowest BCUT2D eigenvalue weighted by Crippen LogP contribution is -2.47. The van der Waals surface area contributed by atoms with Crippen molar-refractivity contribution >= 4 is 77.3 Å². The van der Waals surface area contributed by atoms with E-state index < -0.39 is 24.7 Å². The van der Waals surface area contributed by atoms with Gasteiger partial charge in [0.1, 0.15) is 0 Å². The van der Waals surface area contributed by atoms with E-state index in [0.717, 1.165) is 119 Å². The van der Waals surface area contributed by atoms with E-state index in [1.54, 1.807) is 44.2 Å². The van der Waals surface area contributed by atoms with E-state index in [-0.39, 0.29) is 27.9 Å². The molecule has 0 radical (unpaired) electrons. The number of anilines is 2. The third-order valence-corrected chi connectivity index (χ3v) is 17.6. The highest BCUT2D eigenvalue weighted by molar-refractivity contribution is 7.99.